The van der Waals surface area contributed by atoms with E-state index in [1.54, 1.807) is 0 Å². The first-order valence-corrected chi connectivity index (χ1v) is 18.8. The van der Waals surface area contributed by atoms with E-state index in [2.05, 4.69) is 212 Å². The fourth-order valence-corrected chi connectivity index (χ4v) is 9.97. The highest BCUT2D eigenvalue weighted by Gasteiger charge is 2.57. The molecule has 8 aromatic rings. The maximum Gasteiger partial charge on any atom is 0.145 e. The average molecular weight is 689 g/mol. The van der Waals surface area contributed by atoms with Crippen molar-refractivity contribution in [1.29, 1.82) is 0 Å². The molecule has 0 saturated heterocycles. The van der Waals surface area contributed by atoms with Gasteiger partial charge in [-0.3, -0.25) is 4.99 Å². The lowest BCUT2D eigenvalue weighted by Gasteiger charge is -2.49. The summed E-state index contributed by atoms with van der Waals surface area (Å²) in [7, 11) is 0. The molecule has 11 rings (SSSR count). The van der Waals surface area contributed by atoms with Crippen LogP contribution in [0.3, 0.4) is 0 Å². The van der Waals surface area contributed by atoms with Crippen molar-refractivity contribution >= 4 is 11.4 Å². The van der Waals surface area contributed by atoms with Gasteiger partial charge in [-0.25, -0.2) is 0 Å². The molecule has 0 aromatic heterocycles. The molecule has 2 heteroatoms. The van der Waals surface area contributed by atoms with Gasteiger partial charge in [-0.1, -0.05) is 200 Å². The van der Waals surface area contributed by atoms with E-state index < -0.39 is 10.8 Å². The molecule has 0 bridgehead atoms. The van der Waals surface area contributed by atoms with Crippen LogP contribution in [0.5, 0.6) is 0 Å². The molecule has 8 aromatic carbocycles. The average Bonchev–Trinajstić information content (AvgIpc) is 3.57. The second-order valence-corrected chi connectivity index (χ2v) is 14.6. The summed E-state index contributed by atoms with van der Waals surface area (Å²) in [6.07, 6.45) is -0.268. The molecule has 3 unspecified atom stereocenters. The maximum absolute atomic E-state index is 5.45. The zero-order chi connectivity index (χ0) is 35.7. The van der Waals surface area contributed by atoms with Crippen LogP contribution in [-0.4, -0.2) is 5.71 Å². The number of nitrogens with one attached hydrogen (secondary N) is 1. The van der Waals surface area contributed by atoms with Gasteiger partial charge < -0.3 is 5.32 Å². The number of benzene rings is 8. The number of anilines is 1. The van der Waals surface area contributed by atoms with Crippen molar-refractivity contribution in [3.8, 4) is 11.1 Å². The molecule has 0 radical (unpaired) electrons. The fourth-order valence-electron chi connectivity index (χ4n) is 9.97. The standard InChI is InChI=1S/C52H36N2/c1-4-18-35(19-5-1)49-42-27-11-15-33-47(42)53-50(54-49)36-20-16-25-39(34-36)51(37-21-6-2-7-22-37)44-30-13-14-31-45(44)52(38-23-8-3-9-24-38)43-29-12-10-26-40(43)41-28-17-32-46(51)48(41)52/h1-34,50,53H. The number of rotatable bonds is 5. The predicted octanol–water partition coefficient (Wildman–Crippen LogP) is 11.7. The summed E-state index contributed by atoms with van der Waals surface area (Å²) >= 11 is 0. The number of nitrogens with zero attached hydrogens (tertiary/aromatic N) is 1. The molecule has 1 heterocycles. The minimum absolute atomic E-state index is 0.268. The van der Waals surface area contributed by atoms with Crippen molar-refractivity contribution in [3.05, 3.63) is 267 Å². The molecule has 0 saturated carbocycles. The van der Waals surface area contributed by atoms with Gasteiger partial charge in [0.1, 0.15) is 6.17 Å². The van der Waals surface area contributed by atoms with Crippen LogP contribution in [0.4, 0.5) is 5.69 Å². The zero-order valence-electron chi connectivity index (χ0n) is 29.7. The van der Waals surface area contributed by atoms with Crippen LogP contribution in [0.1, 0.15) is 67.4 Å². The van der Waals surface area contributed by atoms with Crippen molar-refractivity contribution < 1.29 is 0 Å². The Kier molecular flexibility index (Phi) is 6.78. The highest BCUT2D eigenvalue weighted by Crippen LogP contribution is 2.65. The molecule has 54 heavy (non-hydrogen) atoms. The van der Waals surface area contributed by atoms with Gasteiger partial charge in [0, 0.05) is 16.8 Å². The van der Waals surface area contributed by atoms with Gasteiger partial charge in [0.25, 0.3) is 0 Å². The van der Waals surface area contributed by atoms with E-state index in [9.17, 15) is 0 Å². The number of hydrogen-bond donors (Lipinski definition) is 1. The van der Waals surface area contributed by atoms with E-state index in [0.29, 0.717) is 0 Å². The van der Waals surface area contributed by atoms with Crippen molar-refractivity contribution in [1.82, 2.24) is 0 Å². The molecule has 1 N–H and O–H groups in total. The van der Waals surface area contributed by atoms with Gasteiger partial charge in [-0.15, -0.1) is 0 Å². The van der Waals surface area contributed by atoms with Crippen LogP contribution in [0.15, 0.2) is 211 Å². The smallest absolute Gasteiger partial charge is 0.145 e. The molecule has 0 fully saturated rings. The summed E-state index contributed by atoms with van der Waals surface area (Å²) in [4.78, 5) is 5.45. The Morgan fingerprint density at radius 2 is 0.907 bits per heavy atom. The van der Waals surface area contributed by atoms with E-state index in [4.69, 9.17) is 4.99 Å². The Labute approximate surface area is 316 Å². The molecule has 2 aliphatic carbocycles. The lowest BCUT2D eigenvalue weighted by atomic mass is 9.51. The Hall–Kier alpha value is -6.77. The van der Waals surface area contributed by atoms with Gasteiger partial charge in [-0.2, -0.15) is 0 Å². The number of hydrogen-bond acceptors (Lipinski definition) is 2. The number of fused-ring (bicyclic) bond motifs is 6. The molecule has 2 nitrogen and oxygen atoms in total. The Bertz CT molecular complexity index is 2750. The third-order valence-corrected chi connectivity index (χ3v) is 12.0. The minimum atomic E-state index is -0.613. The highest BCUT2D eigenvalue weighted by molar-refractivity contribution is 6.17. The molecule has 0 spiro atoms. The van der Waals surface area contributed by atoms with Crippen LogP contribution in [0.25, 0.3) is 11.1 Å². The largest absolute Gasteiger partial charge is 0.360 e. The van der Waals surface area contributed by atoms with Gasteiger partial charge in [-0.05, 0) is 67.3 Å². The highest BCUT2D eigenvalue weighted by atomic mass is 15.1. The summed E-state index contributed by atoms with van der Waals surface area (Å²) in [6.45, 7) is 0. The van der Waals surface area contributed by atoms with Crippen molar-refractivity contribution in [2.45, 2.75) is 17.0 Å². The quantitative estimate of drug-likeness (QED) is 0.191. The maximum atomic E-state index is 5.45. The summed E-state index contributed by atoms with van der Waals surface area (Å²) in [5, 5.41) is 3.81. The van der Waals surface area contributed by atoms with Crippen LogP contribution in [-0.2, 0) is 10.8 Å². The molecule has 0 amide bonds. The zero-order valence-corrected chi connectivity index (χ0v) is 29.7. The third-order valence-electron chi connectivity index (χ3n) is 12.0. The lowest BCUT2D eigenvalue weighted by molar-refractivity contribution is 0.625. The van der Waals surface area contributed by atoms with Crippen LogP contribution < -0.4 is 5.32 Å². The van der Waals surface area contributed by atoms with E-state index in [0.717, 1.165) is 28.1 Å². The summed E-state index contributed by atoms with van der Waals surface area (Å²) < 4.78 is 0. The SMILES string of the molecule is c1ccc(C2=NC(c3cccc(C4(c5ccccc5)c5ccccc5C5(c6ccccc6)c6ccccc6-c6cccc4c65)c3)Nc3ccccc32)cc1. The van der Waals surface area contributed by atoms with Crippen LogP contribution >= 0.6 is 0 Å². The monoisotopic (exact) mass is 688 g/mol. The van der Waals surface area contributed by atoms with E-state index >= 15 is 0 Å². The summed E-state index contributed by atoms with van der Waals surface area (Å²) in [5.74, 6) is 0. The fraction of sp³-hybridized carbons (Fsp3) is 0.0577. The summed E-state index contributed by atoms with van der Waals surface area (Å²) in [6, 6.07) is 75.9. The van der Waals surface area contributed by atoms with Crippen molar-refractivity contribution in [2.75, 3.05) is 5.32 Å². The molecule has 1 aliphatic heterocycles. The first kappa shape index (κ1) is 30.8. The van der Waals surface area contributed by atoms with Crippen LogP contribution in [0.2, 0.25) is 0 Å². The predicted molar refractivity (Wildman–Crippen MR) is 221 cm³/mol. The van der Waals surface area contributed by atoms with E-state index in [1.807, 2.05) is 0 Å². The van der Waals surface area contributed by atoms with Gasteiger partial charge in [0.05, 0.1) is 16.5 Å². The minimum Gasteiger partial charge on any atom is -0.360 e. The normalized spacial score (nSPS) is 20.1. The van der Waals surface area contributed by atoms with Gasteiger partial charge in [0.15, 0.2) is 0 Å². The molecule has 3 atom stereocenters. The van der Waals surface area contributed by atoms with Crippen molar-refractivity contribution in [2.24, 2.45) is 4.99 Å². The lowest BCUT2D eigenvalue weighted by Crippen LogP contribution is -2.44. The topological polar surface area (TPSA) is 24.4 Å². The van der Waals surface area contributed by atoms with Gasteiger partial charge in [0.2, 0.25) is 0 Å². The third kappa shape index (κ3) is 4.14. The Balaban J connectivity index is 1.22. The molecule has 3 aliphatic rings. The van der Waals surface area contributed by atoms with Gasteiger partial charge >= 0.3 is 0 Å². The molecular formula is C52H36N2. The van der Waals surface area contributed by atoms with E-state index in [-0.39, 0.29) is 6.17 Å². The molecule has 254 valence electrons. The Morgan fingerprint density at radius 1 is 0.389 bits per heavy atom. The molecular weight excluding hydrogens is 653 g/mol. The second kappa shape index (κ2) is 11.9. The van der Waals surface area contributed by atoms with E-state index in [1.165, 1.54) is 55.6 Å². The second-order valence-electron chi connectivity index (χ2n) is 14.6. The number of para-hydroxylation sites is 1. The first-order chi connectivity index (χ1) is 26.8. The first-order valence-electron chi connectivity index (χ1n) is 18.8. The Morgan fingerprint density at radius 3 is 1.65 bits per heavy atom. The number of aliphatic imine (C=N–C) groups is 1. The van der Waals surface area contributed by atoms with Crippen molar-refractivity contribution in [3.63, 3.8) is 0 Å². The summed E-state index contributed by atoms with van der Waals surface area (Å²) in [5.41, 5.74) is 17.4. The van der Waals surface area contributed by atoms with Crippen LogP contribution in [0, 0.1) is 0 Å².